The smallest absolute Gasteiger partial charge is 0.220 e. The number of amides is 1. The SMILES string of the molecule is C[C@H](Cc1cc2c3c(c1)nc(-c1cccnc1)n3CCCO2)C(N)=O. The lowest BCUT2D eigenvalue weighted by atomic mass is 10.00. The number of hydrogen-bond donors (Lipinski definition) is 1. The monoisotopic (exact) mass is 336 g/mol. The second-order valence-electron chi connectivity index (χ2n) is 6.50. The predicted octanol–water partition coefficient (Wildman–Crippen LogP) is 2.54. The molecule has 0 unspecified atom stereocenters. The number of nitrogens with two attached hydrogens (primary N) is 1. The van der Waals surface area contributed by atoms with Crippen molar-refractivity contribution in [2.75, 3.05) is 6.61 Å². The Balaban J connectivity index is 1.87. The van der Waals surface area contributed by atoms with E-state index in [4.69, 9.17) is 15.5 Å². The number of hydrogen-bond acceptors (Lipinski definition) is 4. The molecule has 0 bridgehead atoms. The second-order valence-corrected chi connectivity index (χ2v) is 6.50. The van der Waals surface area contributed by atoms with Crippen LogP contribution in [0.25, 0.3) is 22.4 Å². The number of carbonyl (C=O) groups is 1. The number of nitrogens with zero attached hydrogens (tertiary/aromatic N) is 3. The number of pyridine rings is 1. The lowest BCUT2D eigenvalue weighted by Crippen LogP contribution is -2.22. The summed E-state index contributed by atoms with van der Waals surface area (Å²) in [6.07, 6.45) is 5.08. The molecule has 4 rings (SSSR count). The Labute approximate surface area is 145 Å². The molecule has 1 atom stereocenters. The Morgan fingerprint density at radius 1 is 1.44 bits per heavy atom. The summed E-state index contributed by atoms with van der Waals surface area (Å²) in [5.41, 5.74) is 9.29. The molecule has 0 aliphatic carbocycles. The number of rotatable bonds is 4. The maximum Gasteiger partial charge on any atom is 0.220 e. The highest BCUT2D eigenvalue weighted by atomic mass is 16.5. The van der Waals surface area contributed by atoms with E-state index in [1.54, 1.807) is 6.20 Å². The molecule has 0 radical (unpaired) electrons. The van der Waals surface area contributed by atoms with Gasteiger partial charge >= 0.3 is 0 Å². The lowest BCUT2D eigenvalue weighted by molar-refractivity contribution is -0.121. The zero-order valence-electron chi connectivity index (χ0n) is 14.1. The van der Waals surface area contributed by atoms with Gasteiger partial charge in [-0.2, -0.15) is 0 Å². The van der Waals surface area contributed by atoms with E-state index in [0.717, 1.165) is 46.7 Å². The number of carbonyl (C=O) groups excluding carboxylic acids is 1. The fourth-order valence-electron chi connectivity index (χ4n) is 3.31. The molecule has 2 N–H and O–H groups in total. The molecular weight excluding hydrogens is 316 g/mol. The van der Waals surface area contributed by atoms with E-state index < -0.39 is 0 Å². The van der Waals surface area contributed by atoms with Crippen molar-refractivity contribution in [3.63, 3.8) is 0 Å². The van der Waals surface area contributed by atoms with Crippen LogP contribution in [0.1, 0.15) is 18.9 Å². The van der Waals surface area contributed by atoms with Crippen LogP contribution in [0.2, 0.25) is 0 Å². The first-order valence-electron chi connectivity index (χ1n) is 8.49. The molecule has 0 saturated heterocycles. The largest absolute Gasteiger partial charge is 0.491 e. The van der Waals surface area contributed by atoms with Crippen molar-refractivity contribution >= 4 is 16.9 Å². The van der Waals surface area contributed by atoms with E-state index in [1.165, 1.54) is 0 Å². The molecular formula is C19H20N4O2. The van der Waals surface area contributed by atoms with Gasteiger partial charge in [-0.25, -0.2) is 4.98 Å². The minimum atomic E-state index is -0.298. The van der Waals surface area contributed by atoms with Crippen LogP contribution in [0, 0.1) is 5.92 Å². The van der Waals surface area contributed by atoms with E-state index in [9.17, 15) is 4.79 Å². The fourth-order valence-corrected chi connectivity index (χ4v) is 3.31. The van der Waals surface area contributed by atoms with E-state index in [0.29, 0.717) is 13.0 Å². The first kappa shape index (κ1) is 15.6. The van der Waals surface area contributed by atoms with Crippen LogP contribution in [0.5, 0.6) is 5.75 Å². The minimum Gasteiger partial charge on any atom is -0.491 e. The average Bonchev–Trinajstić information content (AvgIpc) is 2.83. The number of aryl methyl sites for hydroxylation is 1. The van der Waals surface area contributed by atoms with Gasteiger partial charge in [0.15, 0.2) is 0 Å². The molecule has 2 aromatic heterocycles. The molecule has 6 heteroatoms. The summed E-state index contributed by atoms with van der Waals surface area (Å²) < 4.78 is 8.16. The third-order valence-corrected chi connectivity index (χ3v) is 4.60. The lowest BCUT2D eigenvalue weighted by Gasteiger charge is -2.10. The van der Waals surface area contributed by atoms with Crippen LogP contribution in [-0.2, 0) is 17.8 Å². The highest BCUT2D eigenvalue weighted by molar-refractivity contribution is 5.87. The van der Waals surface area contributed by atoms with Crippen molar-refractivity contribution < 1.29 is 9.53 Å². The van der Waals surface area contributed by atoms with Crippen molar-refractivity contribution in [3.8, 4) is 17.1 Å². The highest BCUT2D eigenvalue weighted by Crippen LogP contribution is 2.34. The van der Waals surface area contributed by atoms with E-state index in [2.05, 4.69) is 9.55 Å². The first-order valence-corrected chi connectivity index (χ1v) is 8.49. The molecule has 3 heterocycles. The molecule has 0 saturated carbocycles. The standard InChI is InChI=1S/C19H20N4O2/c1-12(18(20)24)8-13-9-15-17-16(10-13)25-7-3-6-23(17)19(22-15)14-4-2-5-21-11-14/h2,4-5,9-12H,3,6-8H2,1H3,(H2,20,24)/t12-/m1/s1. The van der Waals surface area contributed by atoms with Crippen molar-refractivity contribution in [2.45, 2.75) is 26.3 Å². The number of aromatic nitrogens is 3. The minimum absolute atomic E-state index is 0.227. The fraction of sp³-hybridized carbons (Fsp3) is 0.316. The maximum atomic E-state index is 11.4. The Hall–Kier alpha value is -2.89. The summed E-state index contributed by atoms with van der Waals surface area (Å²) >= 11 is 0. The van der Waals surface area contributed by atoms with Gasteiger partial charge in [-0.05, 0) is 42.7 Å². The molecule has 1 aromatic carbocycles. The molecule has 0 fully saturated rings. The molecule has 1 amide bonds. The highest BCUT2D eigenvalue weighted by Gasteiger charge is 2.21. The van der Waals surface area contributed by atoms with Crippen LogP contribution in [0.4, 0.5) is 0 Å². The van der Waals surface area contributed by atoms with Gasteiger partial charge in [-0.15, -0.1) is 0 Å². The number of imidazole rings is 1. The molecule has 1 aliphatic rings. The van der Waals surface area contributed by atoms with Crippen LogP contribution in [0.3, 0.4) is 0 Å². The Kier molecular flexibility index (Phi) is 3.87. The van der Waals surface area contributed by atoms with Gasteiger partial charge in [0, 0.05) is 30.4 Å². The van der Waals surface area contributed by atoms with Gasteiger partial charge in [0.1, 0.15) is 17.1 Å². The van der Waals surface area contributed by atoms with E-state index in [1.807, 2.05) is 37.4 Å². The number of ether oxygens (including phenoxy) is 1. The maximum absolute atomic E-state index is 11.4. The quantitative estimate of drug-likeness (QED) is 0.793. The van der Waals surface area contributed by atoms with Gasteiger partial charge in [-0.3, -0.25) is 9.78 Å². The Morgan fingerprint density at radius 2 is 2.32 bits per heavy atom. The summed E-state index contributed by atoms with van der Waals surface area (Å²) in [6.45, 7) is 3.35. The Morgan fingerprint density at radius 3 is 3.08 bits per heavy atom. The third-order valence-electron chi connectivity index (χ3n) is 4.60. The van der Waals surface area contributed by atoms with Crippen LogP contribution in [-0.4, -0.2) is 27.0 Å². The van der Waals surface area contributed by atoms with Crippen LogP contribution >= 0.6 is 0 Å². The van der Waals surface area contributed by atoms with Crippen molar-refractivity contribution in [3.05, 3.63) is 42.2 Å². The average molecular weight is 336 g/mol. The van der Waals surface area contributed by atoms with Gasteiger partial charge in [0.25, 0.3) is 0 Å². The summed E-state index contributed by atoms with van der Waals surface area (Å²) in [5, 5.41) is 0. The topological polar surface area (TPSA) is 83.0 Å². The molecule has 3 aromatic rings. The molecule has 25 heavy (non-hydrogen) atoms. The molecule has 128 valence electrons. The van der Waals surface area contributed by atoms with Gasteiger partial charge in [-0.1, -0.05) is 6.92 Å². The summed E-state index contributed by atoms with van der Waals surface area (Å²) in [6, 6.07) is 7.97. The molecule has 6 nitrogen and oxygen atoms in total. The number of primary amides is 1. The van der Waals surface area contributed by atoms with Crippen molar-refractivity contribution in [1.29, 1.82) is 0 Å². The first-order chi connectivity index (χ1) is 12.1. The zero-order chi connectivity index (χ0) is 17.4. The normalized spacial score (nSPS) is 14.8. The van der Waals surface area contributed by atoms with Crippen LogP contribution in [0.15, 0.2) is 36.7 Å². The Bertz CT molecular complexity index is 933. The summed E-state index contributed by atoms with van der Waals surface area (Å²) in [5.74, 6) is 1.20. The molecule has 1 aliphatic heterocycles. The predicted molar refractivity (Wildman–Crippen MR) is 95.1 cm³/mol. The third kappa shape index (κ3) is 2.84. The number of benzene rings is 1. The zero-order valence-corrected chi connectivity index (χ0v) is 14.1. The summed E-state index contributed by atoms with van der Waals surface area (Å²) in [7, 11) is 0. The van der Waals surface area contributed by atoms with Crippen LogP contribution < -0.4 is 10.5 Å². The van der Waals surface area contributed by atoms with E-state index >= 15 is 0 Å². The van der Waals surface area contributed by atoms with Crippen molar-refractivity contribution in [1.82, 2.24) is 14.5 Å². The van der Waals surface area contributed by atoms with Gasteiger partial charge < -0.3 is 15.0 Å². The summed E-state index contributed by atoms with van der Waals surface area (Å²) in [4.78, 5) is 20.4. The van der Waals surface area contributed by atoms with E-state index in [-0.39, 0.29) is 11.8 Å². The molecule has 0 spiro atoms. The van der Waals surface area contributed by atoms with Gasteiger partial charge in [0.05, 0.1) is 12.1 Å². The van der Waals surface area contributed by atoms with Gasteiger partial charge in [0.2, 0.25) is 5.91 Å². The van der Waals surface area contributed by atoms with Crippen molar-refractivity contribution in [2.24, 2.45) is 11.7 Å². The second kappa shape index (κ2) is 6.20.